The van der Waals surface area contributed by atoms with Crippen molar-refractivity contribution in [2.75, 3.05) is 25.4 Å². The van der Waals surface area contributed by atoms with E-state index in [1.165, 1.54) is 44.6 Å². The van der Waals surface area contributed by atoms with Crippen LogP contribution in [0.15, 0.2) is 0 Å². The second kappa shape index (κ2) is 5.95. The molecule has 0 unspecified atom stereocenters. The molecule has 0 saturated carbocycles. The molecular formula is C9H17NS2. The van der Waals surface area contributed by atoms with Crippen LogP contribution in [-0.4, -0.2) is 34.5 Å². The molecule has 0 radical (unpaired) electrons. The first kappa shape index (κ1) is 10.5. The van der Waals surface area contributed by atoms with Crippen LogP contribution < -0.4 is 0 Å². The van der Waals surface area contributed by atoms with Gasteiger partial charge in [-0.25, -0.2) is 0 Å². The number of rotatable bonds is 3. The molecule has 1 aliphatic heterocycles. The molecule has 0 aliphatic carbocycles. The highest BCUT2D eigenvalue weighted by molar-refractivity contribution is 8.23. The number of hydrogen-bond donors (Lipinski definition) is 0. The maximum Gasteiger partial charge on any atom is 0.0447 e. The summed E-state index contributed by atoms with van der Waals surface area (Å²) in [6.45, 7) is 5.84. The van der Waals surface area contributed by atoms with Crippen molar-refractivity contribution in [3.05, 3.63) is 0 Å². The van der Waals surface area contributed by atoms with Gasteiger partial charge in [-0.2, -0.15) is 0 Å². The first-order chi connectivity index (χ1) is 5.79. The third-order valence-electron chi connectivity index (χ3n) is 2.16. The molecule has 0 atom stereocenters. The van der Waals surface area contributed by atoms with E-state index in [2.05, 4.69) is 4.90 Å². The zero-order chi connectivity index (χ0) is 8.81. The van der Waals surface area contributed by atoms with Crippen LogP contribution in [-0.2, 0) is 0 Å². The SMILES string of the molecule is CC(=S)SCCN1CCCCC1. The highest BCUT2D eigenvalue weighted by atomic mass is 32.2. The molecule has 0 aromatic carbocycles. The predicted octanol–water partition coefficient (Wildman–Crippen LogP) is 2.55. The minimum Gasteiger partial charge on any atom is -0.303 e. The van der Waals surface area contributed by atoms with Gasteiger partial charge in [0, 0.05) is 16.5 Å². The van der Waals surface area contributed by atoms with E-state index in [0.717, 1.165) is 4.20 Å². The van der Waals surface area contributed by atoms with Gasteiger partial charge >= 0.3 is 0 Å². The van der Waals surface area contributed by atoms with E-state index in [1.807, 2.05) is 18.7 Å². The number of thioether (sulfide) groups is 1. The molecule has 12 heavy (non-hydrogen) atoms. The quantitative estimate of drug-likeness (QED) is 0.649. The van der Waals surface area contributed by atoms with Crippen molar-refractivity contribution >= 4 is 28.2 Å². The topological polar surface area (TPSA) is 3.24 Å². The van der Waals surface area contributed by atoms with Gasteiger partial charge in [0.2, 0.25) is 0 Å². The summed E-state index contributed by atoms with van der Waals surface area (Å²) < 4.78 is 1.08. The minimum absolute atomic E-state index is 1.08. The van der Waals surface area contributed by atoms with Crippen LogP contribution in [0.4, 0.5) is 0 Å². The molecule has 1 rings (SSSR count). The van der Waals surface area contributed by atoms with E-state index in [-0.39, 0.29) is 0 Å². The zero-order valence-corrected chi connectivity index (χ0v) is 9.35. The lowest BCUT2D eigenvalue weighted by atomic mass is 10.1. The number of thiocarbonyl (C=S) groups is 1. The Morgan fingerprint density at radius 1 is 1.33 bits per heavy atom. The second-order valence-electron chi connectivity index (χ2n) is 3.24. The molecule has 70 valence electrons. The molecule has 0 spiro atoms. The van der Waals surface area contributed by atoms with Crippen LogP contribution >= 0.6 is 24.0 Å². The van der Waals surface area contributed by atoms with Gasteiger partial charge in [0.05, 0.1) is 0 Å². The fraction of sp³-hybridized carbons (Fsp3) is 0.889. The number of likely N-dealkylation sites (tertiary alicyclic amines) is 1. The van der Waals surface area contributed by atoms with Crippen molar-refractivity contribution in [1.29, 1.82) is 0 Å². The first-order valence-corrected chi connectivity index (χ1v) is 6.04. The molecule has 1 aliphatic rings. The summed E-state index contributed by atoms with van der Waals surface area (Å²) in [7, 11) is 0. The van der Waals surface area contributed by atoms with E-state index < -0.39 is 0 Å². The van der Waals surface area contributed by atoms with Gasteiger partial charge in [-0.3, -0.25) is 0 Å². The second-order valence-corrected chi connectivity index (χ2v) is 5.42. The number of nitrogens with zero attached hydrogens (tertiary/aromatic N) is 1. The molecule has 0 N–H and O–H groups in total. The van der Waals surface area contributed by atoms with Crippen LogP contribution in [0.5, 0.6) is 0 Å². The van der Waals surface area contributed by atoms with E-state index in [0.29, 0.717) is 0 Å². The number of piperidine rings is 1. The Morgan fingerprint density at radius 3 is 2.58 bits per heavy atom. The van der Waals surface area contributed by atoms with Crippen LogP contribution in [0.1, 0.15) is 26.2 Å². The van der Waals surface area contributed by atoms with Crippen LogP contribution in [0.25, 0.3) is 0 Å². The molecule has 0 bridgehead atoms. The fourth-order valence-corrected chi connectivity index (χ4v) is 2.39. The van der Waals surface area contributed by atoms with Crippen molar-refractivity contribution < 1.29 is 0 Å². The van der Waals surface area contributed by atoms with Gasteiger partial charge in [0.1, 0.15) is 0 Å². The summed E-state index contributed by atoms with van der Waals surface area (Å²) in [4.78, 5) is 2.55. The summed E-state index contributed by atoms with van der Waals surface area (Å²) in [5.41, 5.74) is 0. The Balaban J connectivity index is 2.01. The molecule has 3 heteroatoms. The Bertz CT molecular complexity index is 141. The van der Waals surface area contributed by atoms with Gasteiger partial charge in [-0.05, 0) is 32.9 Å². The highest BCUT2D eigenvalue weighted by Crippen LogP contribution is 2.10. The van der Waals surface area contributed by atoms with Crippen molar-refractivity contribution in [2.45, 2.75) is 26.2 Å². The Hall–Kier alpha value is 0.400. The largest absolute Gasteiger partial charge is 0.303 e. The van der Waals surface area contributed by atoms with Crippen LogP contribution in [0, 0.1) is 0 Å². The summed E-state index contributed by atoms with van der Waals surface area (Å²) in [5, 5.41) is 0. The van der Waals surface area contributed by atoms with E-state index in [4.69, 9.17) is 12.2 Å². The average Bonchev–Trinajstić information content (AvgIpc) is 2.05. The maximum atomic E-state index is 5.01. The predicted molar refractivity (Wildman–Crippen MR) is 61.0 cm³/mol. The molecule has 0 aromatic rings. The molecule has 1 nitrogen and oxygen atoms in total. The van der Waals surface area contributed by atoms with Crippen molar-refractivity contribution in [3.63, 3.8) is 0 Å². The van der Waals surface area contributed by atoms with E-state index in [1.54, 1.807) is 0 Å². The van der Waals surface area contributed by atoms with Crippen molar-refractivity contribution in [3.8, 4) is 0 Å². The van der Waals surface area contributed by atoms with Gasteiger partial charge in [-0.1, -0.05) is 18.6 Å². The molecule has 0 aromatic heterocycles. The van der Waals surface area contributed by atoms with Crippen LogP contribution in [0.3, 0.4) is 0 Å². The minimum atomic E-state index is 1.08. The lowest BCUT2D eigenvalue weighted by molar-refractivity contribution is 0.242. The van der Waals surface area contributed by atoms with Crippen LogP contribution in [0.2, 0.25) is 0 Å². The lowest BCUT2D eigenvalue weighted by Crippen LogP contribution is -2.31. The average molecular weight is 203 g/mol. The zero-order valence-electron chi connectivity index (χ0n) is 7.71. The summed E-state index contributed by atoms with van der Waals surface area (Å²) in [6.07, 6.45) is 4.21. The molecule has 1 fully saturated rings. The summed E-state index contributed by atoms with van der Waals surface area (Å²) in [6, 6.07) is 0. The highest BCUT2D eigenvalue weighted by Gasteiger charge is 2.08. The van der Waals surface area contributed by atoms with Crippen molar-refractivity contribution in [2.24, 2.45) is 0 Å². The van der Waals surface area contributed by atoms with E-state index in [9.17, 15) is 0 Å². The van der Waals surface area contributed by atoms with Gasteiger partial charge in [0.25, 0.3) is 0 Å². The lowest BCUT2D eigenvalue weighted by Gasteiger charge is -2.25. The third kappa shape index (κ3) is 4.43. The van der Waals surface area contributed by atoms with Gasteiger partial charge < -0.3 is 4.90 Å². The standard InChI is InChI=1S/C9H17NS2/c1-9(11)12-8-7-10-5-3-2-4-6-10/h2-8H2,1H3. The molecule has 0 amide bonds. The Morgan fingerprint density at radius 2 is 2.00 bits per heavy atom. The third-order valence-corrected chi connectivity index (χ3v) is 3.31. The van der Waals surface area contributed by atoms with Crippen molar-refractivity contribution in [1.82, 2.24) is 4.90 Å². The fourth-order valence-electron chi connectivity index (χ4n) is 1.50. The first-order valence-electron chi connectivity index (χ1n) is 4.65. The molecule has 1 heterocycles. The van der Waals surface area contributed by atoms with Gasteiger partial charge in [-0.15, -0.1) is 11.8 Å². The summed E-state index contributed by atoms with van der Waals surface area (Å²) in [5.74, 6) is 1.18. The molecular weight excluding hydrogens is 186 g/mol. The Labute approximate surface area is 84.9 Å². The maximum absolute atomic E-state index is 5.01. The van der Waals surface area contributed by atoms with E-state index >= 15 is 0 Å². The smallest absolute Gasteiger partial charge is 0.0447 e. The molecule has 1 saturated heterocycles. The number of hydrogen-bond acceptors (Lipinski definition) is 3. The Kier molecular flexibility index (Phi) is 5.19. The monoisotopic (exact) mass is 203 g/mol. The van der Waals surface area contributed by atoms with Gasteiger partial charge in [0.15, 0.2) is 0 Å². The normalized spacial score (nSPS) is 19.4. The summed E-state index contributed by atoms with van der Waals surface area (Å²) >= 11 is 6.82.